The van der Waals surface area contributed by atoms with Crippen LogP contribution in [0.3, 0.4) is 0 Å². The zero-order chi connectivity index (χ0) is 20.9. The van der Waals surface area contributed by atoms with Crippen LogP contribution in [-0.4, -0.2) is 16.6 Å². The molecule has 0 radical (unpaired) electrons. The van der Waals surface area contributed by atoms with Crippen molar-refractivity contribution in [2.45, 2.75) is 69.2 Å². The van der Waals surface area contributed by atoms with Gasteiger partial charge in [-0.3, -0.25) is 4.79 Å². The summed E-state index contributed by atoms with van der Waals surface area (Å²) in [5, 5.41) is 23.4. The van der Waals surface area contributed by atoms with Crippen molar-refractivity contribution in [1.82, 2.24) is 4.98 Å². The van der Waals surface area contributed by atoms with Crippen molar-refractivity contribution in [1.29, 1.82) is 10.5 Å². The van der Waals surface area contributed by atoms with E-state index in [9.17, 15) is 15.3 Å². The molecule has 1 N–H and O–H groups in total. The molecule has 4 rings (SSSR count). The second-order valence-corrected chi connectivity index (χ2v) is 9.91. The molecule has 0 spiro atoms. The Balaban J connectivity index is 1.47. The first-order chi connectivity index (χ1) is 14.7. The molecule has 0 saturated carbocycles. The number of nitriles is 2. The van der Waals surface area contributed by atoms with Crippen LogP contribution in [0.15, 0.2) is 11.1 Å². The van der Waals surface area contributed by atoms with Crippen molar-refractivity contribution in [2.75, 3.05) is 11.1 Å². The van der Waals surface area contributed by atoms with Crippen LogP contribution in [0.5, 0.6) is 0 Å². The van der Waals surface area contributed by atoms with Crippen LogP contribution in [0, 0.1) is 22.7 Å². The Labute approximate surface area is 185 Å². The molecule has 2 aliphatic carbocycles. The Hall–Kier alpha value is -2.35. The van der Waals surface area contributed by atoms with Crippen molar-refractivity contribution in [3.8, 4) is 12.1 Å². The molecule has 2 heterocycles. The fourth-order valence-corrected chi connectivity index (χ4v) is 6.26. The number of anilines is 1. The van der Waals surface area contributed by atoms with Crippen LogP contribution in [0.25, 0.3) is 0 Å². The topological polar surface area (TPSA) is 89.6 Å². The second-order valence-electron chi connectivity index (χ2n) is 7.84. The number of aromatic nitrogens is 1. The van der Waals surface area contributed by atoms with E-state index in [4.69, 9.17) is 4.98 Å². The molecule has 2 aliphatic rings. The van der Waals surface area contributed by atoms with E-state index in [1.807, 2.05) is 6.07 Å². The van der Waals surface area contributed by atoms with Crippen molar-refractivity contribution in [3.05, 3.63) is 38.9 Å². The molecule has 0 saturated heterocycles. The van der Waals surface area contributed by atoms with Crippen LogP contribution in [0.1, 0.15) is 71.3 Å². The molecule has 30 heavy (non-hydrogen) atoms. The number of hydrogen-bond acceptors (Lipinski definition) is 6. The molecule has 0 aromatic carbocycles. The first kappa shape index (κ1) is 20.9. The van der Waals surface area contributed by atoms with Gasteiger partial charge in [-0.15, -0.1) is 11.3 Å². The third kappa shape index (κ3) is 4.53. The first-order valence-electron chi connectivity index (χ1n) is 10.6. The molecule has 0 fully saturated rings. The van der Waals surface area contributed by atoms with Gasteiger partial charge in [-0.05, 0) is 68.6 Å². The monoisotopic (exact) mass is 436 g/mol. The Morgan fingerprint density at radius 2 is 1.83 bits per heavy atom. The number of amides is 1. The Bertz CT molecular complexity index is 1040. The second kappa shape index (κ2) is 9.64. The number of aryl methyl sites for hydroxylation is 3. The molecule has 5 nitrogen and oxygen atoms in total. The van der Waals surface area contributed by atoms with Crippen LogP contribution in [0.2, 0.25) is 0 Å². The van der Waals surface area contributed by atoms with E-state index in [2.05, 4.69) is 17.5 Å². The molecule has 154 valence electrons. The largest absolute Gasteiger partial charge is 0.316 e. The number of nitrogens with zero attached hydrogens (tertiary/aromatic N) is 3. The van der Waals surface area contributed by atoms with Gasteiger partial charge in [0, 0.05) is 10.6 Å². The standard InChI is InChI=1S/C23H24N4OS2/c24-12-16-11-15-7-3-1-2-4-9-19(15)26-22(16)29-14-21(28)27-23-18(13-25)17-8-5-6-10-20(17)30-23/h11H,1-10,14H2,(H,27,28). The highest BCUT2D eigenvalue weighted by Crippen LogP contribution is 2.37. The molecule has 2 aromatic heterocycles. The highest BCUT2D eigenvalue weighted by molar-refractivity contribution is 8.00. The highest BCUT2D eigenvalue weighted by Gasteiger charge is 2.22. The SMILES string of the molecule is N#Cc1cc2c(nc1SCC(=O)Nc1sc3c(c1C#N)CCCC3)CCCCCC2. The Kier molecular flexibility index (Phi) is 6.72. The highest BCUT2D eigenvalue weighted by atomic mass is 32.2. The molecule has 0 atom stereocenters. The minimum absolute atomic E-state index is 0.160. The summed E-state index contributed by atoms with van der Waals surface area (Å²) in [4.78, 5) is 18.6. The van der Waals surface area contributed by atoms with E-state index >= 15 is 0 Å². The lowest BCUT2D eigenvalue weighted by Gasteiger charge is -2.15. The molecule has 2 aromatic rings. The fraction of sp³-hybridized carbons (Fsp3) is 0.478. The van der Waals surface area contributed by atoms with Gasteiger partial charge < -0.3 is 5.32 Å². The molecular formula is C23H24N4OS2. The summed E-state index contributed by atoms with van der Waals surface area (Å²) < 4.78 is 0. The van der Waals surface area contributed by atoms with E-state index in [1.54, 1.807) is 0 Å². The van der Waals surface area contributed by atoms with E-state index in [-0.39, 0.29) is 11.7 Å². The summed E-state index contributed by atoms with van der Waals surface area (Å²) in [6, 6.07) is 6.50. The molecule has 0 aliphatic heterocycles. The number of rotatable bonds is 4. The van der Waals surface area contributed by atoms with E-state index in [1.165, 1.54) is 46.4 Å². The smallest absolute Gasteiger partial charge is 0.235 e. The lowest BCUT2D eigenvalue weighted by Crippen LogP contribution is -2.14. The predicted octanol–water partition coefficient (Wildman–Crippen LogP) is 5.16. The maximum absolute atomic E-state index is 12.6. The quantitative estimate of drug-likeness (QED) is 0.669. The number of thiophene rings is 1. The number of carbonyl (C=O) groups is 1. The van der Waals surface area contributed by atoms with Gasteiger partial charge in [0.15, 0.2) is 0 Å². The Morgan fingerprint density at radius 1 is 1.07 bits per heavy atom. The molecule has 7 heteroatoms. The number of hydrogen-bond donors (Lipinski definition) is 1. The van der Waals surface area contributed by atoms with Gasteiger partial charge >= 0.3 is 0 Å². The van der Waals surface area contributed by atoms with Crippen molar-refractivity contribution in [2.24, 2.45) is 0 Å². The summed E-state index contributed by atoms with van der Waals surface area (Å²) in [5.41, 5.74) is 4.56. The van der Waals surface area contributed by atoms with Gasteiger partial charge in [0.05, 0.1) is 16.9 Å². The molecule has 0 bridgehead atoms. The summed E-state index contributed by atoms with van der Waals surface area (Å²) in [7, 11) is 0. The van der Waals surface area contributed by atoms with Gasteiger partial charge in [0.2, 0.25) is 5.91 Å². The van der Waals surface area contributed by atoms with Gasteiger partial charge in [-0.2, -0.15) is 10.5 Å². The maximum atomic E-state index is 12.6. The minimum atomic E-state index is -0.160. The average Bonchev–Trinajstić information content (AvgIpc) is 3.09. The van der Waals surface area contributed by atoms with Gasteiger partial charge in [-0.1, -0.05) is 24.6 Å². The zero-order valence-electron chi connectivity index (χ0n) is 16.9. The molecule has 0 unspecified atom stereocenters. The van der Waals surface area contributed by atoms with E-state index in [0.717, 1.165) is 62.6 Å². The normalized spacial score (nSPS) is 15.7. The first-order valence-corrected chi connectivity index (χ1v) is 12.4. The number of fused-ring (bicyclic) bond motifs is 2. The number of pyridine rings is 1. The molecule has 1 amide bonds. The van der Waals surface area contributed by atoms with Crippen LogP contribution >= 0.6 is 23.1 Å². The lowest BCUT2D eigenvalue weighted by atomic mass is 9.96. The van der Waals surface area contributed by atoms with E-state index in [0.29, 0.717) is 21.2 Å². The fourth-order valence-electron chi connectivity index (χ4n) is 4.23. The molecular weight excluding hydrogens is 412 g/mol. The van der Waals surface area contributed by atoms with Crippen LogP contribution in [-0.2, 0) is 30.5 Å². The van der Waals surface area contributed by atoms with Crippen molar-refractivity contribution < 1.29 is 4.79 Å². The predicted molar refractivity (Wildman–Crippen MR) is 120 cm³/mol. The third-order valence-electron chi connectivity index (χ3n) is 5.76. The number of nitrogens with one attached hydrogen (secondary N) is 1. The number of thioether (sulfide) groups is 1. The van der Waals surface area contributed by atoms with Crippen LogP contribution < -0.4 is 5.32 Å². The maximum Gasteiger partial charge on any atom is 0.235 e. The average molecular weight is 437 g/mol. The van der Waals surface area contributed by atoms with E-state index < -0.39 is 0 Å². The summed E-state index contributed by atoms with van der Waals surface area (Å²) in [6.07, 6.45) is 10.8. The van der Waals surface area contributed by atoms with Crippen molar-refractivity contribution in [3.63, 3.8) is 0 Å². The number of carbonyl (C=O) groups excluding carboxylic acids is 1. The summed E-state index contributed by atoms with van der Waals surface area (Å²) >= 11 is 2.84. The van der Waals surface area contributed by atoms with Gasteiger partial charge in [0.1, 0.15) is 22.2 Å². The van der Waals surface area contributed by atoms with Crippen LogP contribution in [0.4, 0.5) is 5.00 Å². The van der Waals surface area contributed by atoms with Gasteiger partial charge in [-0.25, -0.2) is 4.98 Å². The summed E-state index contributed by atoms with van der Waals surface area (Å²) in [6.45, 7) is 0. The Morgan fingerprint density at radius 3 is 2.63 bits per heavy atom. The summed E-state index contributed by atoms with van der Waals surface area (Å²) in [5.74, 6) is 0.0148. The van der Waals surface area contributed by atoms with Crippen molar-refractivity contribution >= 4 is 34.0 Å². The zero-order valence-corrected chi connectivity index (χ0v) is 18.6. The minimum Gasteiger partial charge on any atom is -0.316 e. The lowest BCUT2D eigenvalue weighted by molar-refractivity contribution is -0.113. The van der Waals surface area contributed by atoms with Gasteiger partial charge in [0.25, 0.3) is 0 Å². The third-order valence-corrected chi connectivity index (χ3v) is 7.96.